The number of benzene rings is 12. The number of rotatable bonds is 8. The molecule has 0 aliphatic heterocycles. The Labute approximate surface area is 790 Å². The van der Waals surface area contributed by atoms with Crippen molar-refractivity contribution >= 4 is 123 Å². The van der Waals surface area contributed by atoms with Gasteiger partial charge < -0.3 is 34.6 Å². The van der Waals surface area contributed by atoms with Crippen molar-refractivity contribution in [3.8, 4) is 144 Å². The first-order valence-corrected chi connectivity index (χ1v) is 39.2. The second kappa shape index (κ2) is 46.5. The van der Waals surface area contributed by atoms with Crippen LogP contribution >= 0.6 is 59.1 Å². The van der Waals surface area contributed by atoms with Crippen LogP contribution in [-0.2, 0) is 80.4 Å². The molecule has 0 amide bonds. The molecule has 0 atom stereocenters. The van der Waals surface area contributed by atoms with E-state index in [2.05, 4.69) is 252 Å². The molecule has 0 bridgehead atoms. The Kier molecular flexibility index (Phi) is 35.1. The minimum absolute atomic E-state index is 0. The molecule has 0 fully saturated rings. The molecular formula is C104H79Br3Ir4N6OS-6. The van der Waals surface area contributed by atoms with Gasteiger partial charge in [0.05, 0.1) is 0 Å². The number of fused-ring (bicyclic) bond motifs is 6. The van der Waals surface area contributed by atoms with Crippen molar-refractivity contribution in [3.63, 3.8) is 0 Å². The van der Waals surface area contributed by atoms with Crippen LogP contribution in [0.25, 0.3) is 142 Å². The minimum Gasteiger partial charge on any atom is -0.407 e. The molecule has 600 valence electrons. The molecule has 19 rings (SSSR count). The Morgan fingerprint density at radius 2 is 0.689 bits per heavy atom. The number of nitrogens with zero attached hydrogens (tertiary/aromatic N) is 6. The Hall–Kier alpha value is -11.6. The molecule has 15 heteroatoms. The van der Waals surface area contributed by atoms with Crippen molar-refractivity contribution in [2.75, 3.05) is 0 Å². The quantitative estimate of drug-likeness (QED) is 0.111. The SMILES string of the molecule is Brc1cc[c-]c(-c2nccc3ccccc23)c1.Brc1cc[c-]c(-c2nccc3ccccc23)c1.Brc1cc[c-]c(-c2nccc3ccccc23)c1.C#CC#CC#CC#CC#COc1cccc(-c2cc[c-]c(-c3nccc4ccccc34)c2)c1.[HH].[HH].[HH].[HH].[HH].[HH].[HH].[HH].[HH].[HH].[Ir].[Ir].[Ir].[Ir].[c-]1c(-c2ccccn2)sc2ccccc12.[c-]1ccccc1-c1nccc2ccccc12. The fraction of sp³-hybridized carbons (Fsp3) is 0. The molecule has 12 aromatic carbocycles. The second-order valence-corrected chi connectivity index (χ2v) is 28.8. The van der Waals surface area contributed by atoms with Gasteiger partial charge in [0.2, 0.25) is 0 Å². The van der Waals surface area contributed by atoms with Gasteiger partial charge in [0.25, 0.3) is 0 Å². The van der Waals surface area contributed by atoms with Crippen molar-refractivity contribution in [2.45, 2.75) is 0 Å². The number of ether oxygens (including phenoxy) is 1. The molecule has 0 aliphatic carbocycles. The van der Waals surface area contributed by atoms with Gasteiger partial charge in [0, 0.05) is 161 Å². The number of hydrogen-bond donors (Lipinski definition) is 0. The van der Waals surface area contributed by atoms with Crippen LogP contribution in [0, 0.1) is 96.3 Å². The zero-order valence-corrected chi connectivity index (χ0v) is 77.7. The molecule has 0 saturated carbocycles. The van der Waals surface area contributed by atoms with Crippen LogP contribution in [0.4, 0.5) is 0 Å². The van der Waals surface area contributed by atoms with Gasteiger partial charge >= 0.3 is 0 Å². The van der Waals surface area contributed by atoms with Crippen molar-refractivity contribution in [2.24, 2.45) is 0 Å². The van der Waals surface area contributed by atoms with E-state index < -0.39 is 0 Å². The summed E-state index contributed by atoms with van der Waals surface area (Å²) >= 11 is 12.2. The average molecular weight is 2470 g/mol. The maximum atomic E-state index is 5.50. The summed E-state index contributed by atoms with van der Waals surface area (Å²) in [4.78, 5) is 27.9. The standard InChI is InChI=1S/C31H14NO.3C15H9BrN.C15H10N.C13H8NS.4Ir.10H2/c1-2-3-4-5-6-7-8-11-22-33-29-18-13-16-27(24-29)26-15-12-17-28(23-26)31-30-19-10-9-14-25(30)20-21-32-31;3*16-13-6-3-5-12(10-13)15-14-7-2-1-4-11(14)8-9-17-15;1-2-7-13(8-3-1)15-14-9-5-4-6-12(14)10-11-16-15;1-2-7-12-10(5-1)9-13(15-12)11-6-3-4-8-14-11;;;;;;;;;;;;;;/h1,9-10,12-16,18-21,23-24H;3*1-4,6-10H;1-7,9-11H;1-8H;;;;;10*1H/q6*-1;;;;;;;;;;;;;;. The number of thiophene rings is 1. The largest absolute Gasteiger partial charge is 0.407 e. The van der Waals surface area contributed by atoms with Crippen LogP contribution in [0.3, 0.4) is 0 Å². The Morgan fingerprint density at radius 3 is 1.11 bits per heavy atom. The van der Waals surface area contributed by atoms with Gasteiger partial charge in [0.1, 0.15) is 11.9 Å². The van der Waals surface area contributed by atoms with E-state index in [0.717, 1.165) is 118 Å². The number of terminal acetylenes is 1. The smallest absolute Gasteiger partial charge is 0.140 e. The third-order valence-corrected chi connectivity index (χ3v) is 20.1. The zero-order valence-electron chi connectivity index (χ0n) is 62.5. The topological polar surface area (TPSA) is 86.6 Å². The van der Waals surface area contributed by atoms with E-state index in [-0.39, 0.29) is 94.7 Å². The van der Waals surface area contributed by atoms with Gasteiger partial charge in [-0.3, -0.25) is 0 Å². The monoisotopic (exact) mass is 2470 g/mol. The molecule has 0 N–H and O–H groups in total. The van der Waals surface area contributed by atoms with Crippen LogP contribution in [0.1, 0.15) is 14.3 Å². The molecule has 7 heterocycles. The molecule has 0 unspecified atom stereocenters. The number of pyridine rings is 6. The van der Waals surface area contributed by atoms with Gasteiger partial charge in [-0.05, 0) is 170 Å². The number of aromatic nitrogens is 6. The molecule has 7 aromatic heterocycles. The van der Waals surface area contributed by atoms with Crippen LogP contribution in [0.15, 0.2) is 366 Å². The van der Waals surface area contributed by atoms with E-state index in [4.69, 9.17) is 11.2 Å². The van der Waals surface area contributed by atoms with E-state index in [1.54, 1.807) is 11.3 Å². The van der Waals surface area contributed by atoms with E-state index in [1.165, 1.54) is 37.0 Å². The number of hydrogen-bond acceptors (Lipinski definition) is 8. The molecule has 0 spiro atoms. The van der Waals surface area contributed by atoms with Gasteiger partial charge in [-0.1, -0.05) is 219 Å². The summed E-state index contributed by atoms with van der Waals surface area (Å²) in [5, 5.41) is 12.9. The maximum Gasteiger partial charge on any atom is 0.140 e. The molecule has 19 aromatic rings. The van der Waals surface area contributed by atoms with E-state index in [0.29, 0.717) is 5.75 Å². The predicted molar refractivity (Wildman–Crippen MR) is 504 cm³/mol. The summed E-state index contributed by atoms with van der Waals surface area (Å²) in [6.45, 7) is 0. The fourth-order valence-corrected chi connectivity index (χ4v) is 14.4. The maximum absolute atomic E-state index is 5.50. The predicted octanol–water partition coefficient (Wildman–Crippen LogP) is 28.7. The van der Waals surface area contributed by atoms with Gasteiger partial charge in [-0.15, -0.1) is 191 Å². The third-order valence-electron chi connectivity index (χ3n) is 17.5. The Morgan fingerprint density at radius 1 is 0.311 bits per heavy atom. The molecule has 0 saturated heterocycles. The van der Waals surface area contributed by atoms with Crippen molar-refractivity contribution in [1.29, 1.82) is 0 Å². The molecular weight excluding hydrogens is 2390 g/mol. The fourth-order valence-electron chi connectivity index (χ4n) is 12.3. The van der Waals surface area contributed by atoms with E-state index in [9.17, 15) is 0 Å². The first kappa shape index (κ1) is 89.8. The second-order valence-electron chi connectivity index (χ2n) is 25.0. The van der Waals surface area contributed by atoms with Crippen molar-refractivity contribution in [3.05, 3.63) is 402 Å². The number of halogens is 3. The summed E-state index contributed by atoms with van der Waals surface area (Å²) in [7, 11) is 0. The third kappa shape index (κ3) is 24.6. The Bertz CT molecular complexity index is 6690. The molecule has 4 radical (unpaired) electrons. The van der Waals surface area contributed by atoms with Crippen LogP contribution in [0.2, 0.25) is 0 Å². The van der Waals surface area contributed by atoms with E-state index in [1.807, 2.05) is 268 Å². The van der Waals surface area contributed by atoms with Crippen molar-refractivity contribution < 1.29 is 99.4 Å². The molecule has 0 aliphatic rings. The van der Waals surface area contributed by atoms with Crippen LogP contribution in [-0.4, -0.2) is 29.9 Å². The summed E-state index contributed by atoms with van der Waals surface area (Å²) < 4.78 is 9.89. The molecule has 7 nitrogen and oxygen atoms in total. The van der Waals surface area contributed by atoms with Gasteiger partial charge in [-0.25, -0.2) is 11.3 Å². The summed E-state index contributed by atoms with van der Waals surface area (Å²) in [5.74, 6) is 20.4. The normalized spacial score (nSPS) is 9.76. The summed E-state index contributed by atoms with van der Waals surface area (Å²) in [6, 6.07) is 124. The molecule has 119 heavy (non-hydrogen) atoms. The average Bonchev–Trinajstić information content (AvgIpc) is 1.77. The van der Waals surface area contributed by atoms with E-state index >= 15 is 0 Å². The first-order chi connectivity index (χ1) is 56.8. The van der Waals surface area contributed by atoms with Crippen LogP contribution in [0.5, 0.6) is 5.75 Å². The first-order valence-electron chi connectivity index (χ1n) is 36.0. The van der Waals surface area contributed by atoms with Gasteiger partial charge in [0.15, 0.2) is 0 Å². The Balaban J connectivity index is 0.00000153. The zero-order chi connectivity index (χ0) is 78.6. The summed E-state index contributed by atoms with van der Waals surface area (Å²) in [6.07, 6.45) is 18.6. The van der Waals surface area contributed by atoms with Crippen LogP contribution < -0.4 is 4.74 Å². The van der Waals surface area contributed by atoms with Gasteiger partial charge in [-0.2, -0.15) is 0 Å². The minimum atomic E-state index is 0. The van der Waals surface area contributed by atoms with Crippen molar-refractivity contribution in [1.82, 2.24) is 29.9 Å². The summed E-state index contributed by atoms with van der Waals surface area (Å²) in [5.41, 5.74) is 12.9.